The molecule has 0 radical (unpaired) electrons. The summed E-state index contributed by atoms with van der Waals surface area (Å²) in [4.78, 5) is 0. The van der Waals surface area contributed by atoms with Crippen molar-refractivity contribution in [3.63, 3.8) is 0 Å². The normalized spacial score (nSPS) is 12.7. The Morgan fingerprint density at radius 2 is 2.12 bits per heavy atom. The van der Waals surface area contributed by atoms with Crippen LogP contribution in [0.5, 0.6) is 0 Å². The zero-order chi connectivity index (χ0) is 12.4. The lowest BCUT2D eigenvalue weighted by Crippen LogP contribution is -2.09. The van der Waals surface area contributed by atoms with Crippen molar-refractivity contribution >= 4 is 11.6 Å². The van der Waals surface area contributed by atoms with Crippen molar-refractivity contribution in [3.8, 4) is 0 Å². The van der Waals surface area contributed by atoms with Crippen LogP contribution in [-0.4, -0.2) is 14.9 Å². The number of aromatic nitrogens is 2. The van der Waals surface area contributed by atoms with E-state index in [1.165, 1.54) is 23.1 Å². The molecule has 90 valence electrons. The highest BCUT2D eigenvalue weighted by molar-refractivity contribution is 6.30. The lowest BCUT2D eigenvalue weighted by atomic mass is 10.1. The molecule has 0 saturated carbocycles. The second-order valence-corrected chi connectivity index (χ2v) is 4.01. The molecule has 1 aromatic heterocycles. The van der Waals surface area contributed by atoms with Crippen LogP contribution in [0.2, 0.25) is 5.02 Å². The zero-order valence-corrected chi connectivity index (χ0v) is 9.40. The minimum Gasteiger partial charge on any atom is -0.386 e. The molecule has 1 aromatic carbocycles. The first-order valence-electron chi connectivity index (χ1n) is 4.87. The highest BCUT2D eigenvalue weighted by Crippen LogP contribution is 2.18. The van der Waals surface area contributed by atoms with E-state index in [-0.39, 0.29) is 12.1 Å². The average Bonchev–Trinajstić information content (AvgIpc) is 2.68. The predicted octanol–water partition coefficient (Wildman–Crippen LogP) is 2.55. The Hall–Kier alpha value is -1.46. The number of halogens is 3. The molecular weight excluding hydrogens is 250 g/mol. The fourth-order valence-corrected chi connectivity index (χ4v) is 1.60. The van der Waals surface area contributed by atoms with E-state index in [1.54, 1.807) is 0 Å². The van der Waals surface area contributed by atoms with Crippen molar-refractivity contribution in [1.82, 2.24) is 9.78 Å². The quantitative estimate of drug-likeness (QED) is 0.919. The molecule has 0 aliphatic carbocycles. The molecule has 0 amide bonds. The smallest absolute Gasteiger partial charge is 0.159 e. The van der Waals surface area contributed by atoms with Crippen LogP contribution in [-0.2, 0) is 6.54 Å². The Kier molecular flexibility index (Phi) is 3.40. The van der Waals surface area contributed by atoms with Crippen molar-refractivity contribution in [1.29, 1.82) is 0 Å². The summed E-state index contributed by atoms with van der Waals surface area (Å²) in [6, 6.07) is 3.27. The summed E-state index contributed by atoms with van der Waals surface area (Å²) in [6.07, 6.45) is 1.99. The Balaban J connectivity index is 2.14. The molecule has 0 aliphatic heterocycles. The summed E-state index contributed by atoms with van der Waals surface area (Å²) in [5, 5.41) is 14.1. The topological polar surface area (TPSA) is 38.0 Å². The Labute approximate surface area is 101 Å². The molecule has 17 heavy (non-hydrogen) atoms. The van der Waals surface area contributed by atoms with Crippen molar-refractivity contribution in [2.45, 2.75) is 12.6 Å². The number of hydrogen-bond acceptors (Lipinski definition) is 2. The molecule has 1 N–H and O–H groups in total. The second kappa shape index (κ2) is 4.81. The molecule has 0 fully saturated rings. The predicted molar refractivity (Wildman–Crippen MR) is 58.6 cm³/mol. The fraction of sp³-hybridized carbons (Fsp3) is 0.182. The van der Waals surface area contributed by atoms with E-state index in [0.29, 0.717) is 5.02 Å². The summed E-state index contributed by atoms with van der Waals surface area (Å²) in [5.41, 5.74) is 0.288. The molecule has 2 aromatic rings. The molecule has 0 spiro atoms. The zero-order valence-electron chi connectivity index (χ0n) is 8.65. The van der Waals surface area contributed by atoms with E-state index in [2.05, 4.69) is 5.10 Å². The van der Waals surface area contributed by atoms with Crippen LogP contribution in [0.1, 0.15) is 11.7 Å². The van der Waals surface area contributed by atoms with E-state index in [4.69, 9.17) is 11.6 Å². The Morgan fingerprint density at radius 1 is 1.35 bits per heavy atom. The van der Waals surface area contributed by atoms with Crippen molar-refractivity contribution < 1.29 is 13.9 Å². The molecule has 1 unspecified atom stereocenters. The minimum atomic E-state index is -0.986. The first kappa shape index (κ1) is 12.0. The Morgan fingerprint density at radius 3 is 2.71 bits per heavy atom. The molecule has 0 saturated heterocycles. The van der Waals surface area contributed by atoms with Crippen LogP contribution in [0, 0.1) is 11.6 Å². The van der Waals surface area contributed by atoms with Gasteiger partial charge in [0.15, 0.2) is 11.6 Å². The summed E-state index contributed by atoms with van der Waals surface area (Å²) >= 11 is 5.66. The van der Waals surface area contributed by atoms with Gasteiger partial charge in [0.1, 0.15) is 0 Å². The second-order valence-electron chi connectivity index (χ2n) is 3.57. The van der Waals surface area contributed by atoms with Crippen molar-refractivity contribution in [2.24, 2.45) is 0 Å². The Bertz CT molecular complexity index is 530. The highest BCUT2D eigenvalue weighted by atomic mass is 35.5. The van der Waals surface area contributed by atoms with Gasteiger partial charge in [0.2, 0.25) is 0 Å². The third-order valence-corrected chi connectivity index (χ3v) is 2.49. The van der Waals surface area contributed by atoms with E-state index in [0.717, 1.165) is 12.1 Å². The van der Waals surface area contributed by atoms with Crippen LogP contribution in [0.15, 0.2) is 30.6 Å². The van der Waals surface area contributed by atoms with Gasteiger partial charge in [-0.05, 0) is 17.7 Å². The molecule has 0 bridgehead atoms. The molecule has 1 heterocycles. The standard InChI is InChI=1S/C11H9ClF2N2O/c12-8-4-15-16(5-8)6-11(17)7-1-2-9(13)10(14)3-7/h1-5,11,17H,6H2. The van der Waals surface area contributed by atoms with Gasteiger partial charge in [-0.1, -0.05) is 17.7 Å². The molecule has 6 heteroatoms. The summed E-state index contributed by atoms with van der Waals surface area (Å²) in [5.74, 6) is -1.93. The maximum Gasteiger partial charge on any atom is 0.159 e. The van der Waals surface area contributed by atoms with Crippen LogP contribution in [0.4, 0.5) is 8.78 Å². The summed E-state index contributed by atoms with van der Waals surface area (Å²) in [6.45, 7) is 0.123. The molecule has 0 aliphatic rings. The minimum absolute atomic E-state index is 0.123. The monoisotopic (exact) mass is 258 g/mol. The highest BCUT2D eigenvalue weighted by Gasteiger charge is 2.12. The number of aliphatic hydroxyl groups is 1. The van der Waals surface area contributed by atoms with Gasteiger partial charge in [-0.3, -0.25) is 4.68 Å². The third kappa shape index (κ3) is 2.81. The van der Waals surface area contributed by atoms with Gasteiger partial charge in [0, 0.05) is 6.20 Å². The van der Waals surface area contributed by atoms with Gasteiger partial charge in [-0.15, -0.1) is 0 Å². The van der Waals surface area contributed by atoms with E-state index in [1.807, 2.05) is 0 Å². The lowest BCUT2D eigenvalue weighted by Gasteiger charge is -2.11. The number of rotatable bonds is 3. The first-order chi connectivity index (χ1) is 8.06. The van der Waals surface area contributed by atoms with Crippen LogP contribution in [0.3, 0.4) is 0 Å². The van der Waals surface area contributed by atoms with Crippen molar-refractivity contribution in [3.05, 3.63) is 52.8 Å². The lowest BCUT2D eigenvalue weighted by molar-refractivity contribution is 0.151. The van der Waals surface area contributed by atoms with Gasteiger partial charge in [-0.2, -0.15) is 5.10 Å². The number of nitrogens with zero attached hydrogens (tertiary/aromatic N) is 2. The van der Waals surface area contributed by atoms with Gasteiger partial charge >= 0.3 is 0 Å². The van der Waals surface area contributed by atoms with Gasteiger partial charge in [0.25, 0.3) is 0 Å². The SMILES string of the molecule is OC(Cn1cc(Cl)cn1)c1ccc(F)c(F)c1. The molecular formula is C11H9ClF2N2O. The van der Waals surface area contributed by atoms with E-state index >= 15 is 0 Å². The number of hydrogen-bond donors (Lipinski definition) is 1. The first-order valence-corrected chi connectivity index (χ1v) is 5.25. The maximum atomic E-state index is 13.0. The van der Waals surface area contributed by atoms with Gasteiger partial charge in [0.05, 0.1) is 23.9 Å². The van der Waals surface area contributed by atoms with Crippen LogP contribution in [0.25, 0.3) is 0 Å². The average molecular weight is 259 g/mol. The summed E-state index contributed by atoms with van der Waals surface area (Å²) in [7, 11) is 0. The van der Waals surface area contributed by atoms with E-state index < -0.39 is 17.7 Å². The largest absolute Gasteiger partial charge is 0.386 e. The van der Waals surface area contributed by atoms with E-state index in [9.17, 15) is 13.9 Å². The molecule has 2 rings (SSSR count). The molecule has 1 atom stereocenters. The number of benzene rings is 1. The fourth-order valence-electron chi connectivity index (χ4n) is 1.44. The van der Waals surface area contributed by atoms with Gasteiger partial charge in [-0.25, -0.2) is 8.78 Å². The summed E-state index contributed by atoms with van der Waals surface area (Å²) < 4.78 is 27.1. The number of aliphatic hydroxyl groups excluding tert-OH is 1. The van der Waals surface area contributed by atoms with Crippen LogP contribution >= 0.6 is 11.6 Å². The maximum absolute atomic E-state index is 13.0. The van der Waals surface area contributed by atoms with Crippen LogP contribution < -0.4 is 0 Å². The third-order valence-electron chi connectivity index (χ3n) is 2.29. The van der Waals surface area contributed by atoms with Crippen molar-refractivity contribution in [2.75, 3.05) is 0 Å². The van der Waals surface area contributed by atoms with Gasteiger partial charge < -0.3 is 5.11 Å². The molecule has 3 nitrogen and oxygen atoms in total.